The second-order valence-corrected chi connectivity index (χ2v) is 4.63. The van der Waals surface area contributed by atoms with Crippen molar-refractivity contribution in [3.63, 3.8) is 0 Å². The lowest BCUT2D eigenvalue weighted by Gasteiger charge is -2.04. The number of hydrogen-bond donors (Lipinski definition) is 2. The monoisotopic (exact) mass is 262 g/mol. The lowest BCUT2D eigenvalue weighted by Crippen LogP contribution is -2.02. The zero-order valence-corrected chi connectivity index (χ0v) is 10.4. The van der Waals surface area contributed by atoms with Crippen LogP contribution in [0.3, 0.4) is 0 Å². The van der Waals surface area contributed by atoms with Gasteiger partial charge in [-0.25, -0.2) is 0 Å². The van der Waals surface area contributed by atoms with Crippen molar-refractivity contribution in [2.75, 3.05) is 0 Å². The van der Waals surface area contributed by atoms with Crippen molar-refractivity contribution >= 4 is 21.8 Å². The molecule has 0 unspecified atom stereocenters. The van der Waals surface area contributed by atoms with Crippen molar-refractivity contribution < 1.29 is 0 Å². The molecular weight excluding hydrogens is 252 g/mol. The highest BCUT2D eigenvalue weighted by Gasteiger charge is 2.06. The molecule has 1 aromatic carbocycles. The topological polar surface area (TPSA) is 74.4 Å². The van der Waals surface area contributed by atoms with E-state index >= 15 is 0 Å². The minimum atomic E-state index is -0.112. The Morgan fingerprint density at radius 3 is 2.80 bits per heavy atom. The molecule has 5 nitrogen and oxygen atoms in total. The molecule has 0 fully saturated rings. The number of nitrogens with zero attached hydrogens (tertiary/aromatic N) is 2. The van der Waals surface area contributed by atoms with Crippen molar-refractivity contribution in [3.8, 4) is 11.1 Å². The summed E-state index contributed by atoms with van der Waals surface area (Å²) in [4.78, 5) is 18.9. The molecule has 5 heteroatoms. The van der Waals surface area contributed by atoms with E-state index in [9.17, 15) is 4.79 Å². The summed E-state index contributed by atoms with van der Waals surface area (Å²) in [6, 6.07) is 9.25. The number of fused-ring (bicyclic) bond motifs is 3. The van der Waals surface area contributed by atoms with Gasteiger partial charge in [0.25, 0.3) is 0 Å². The lowest BCUT2D eigenvalue weighted by atomic mass is 10.0. The molecule has 4 aromatic rings. The van der Waals surface area contributed by atoms with E-state index in [0.29, 0.717) is 0 Å². The summed E-state index contributed by atoms with van der Waals surface area (Å²) in [7, 11) is 0. The highest BCUT2D eigenvalue weighted by atomic mass is 16.1. The Morgan fingerprint density at radius 1 is 1.00 bits per heavy atom. The van der Waals surface area contributed by atoms with Gasteiger partial charge >= 0.3 is 0 Å². The normalized spacial score (nSPS) is 11.2. The lowest BCUT2D eigenvalue weighted by molar-refractivity contribution is 1.09. The van der Waals surface area contributed by atoms with Gasteiger partial charge in [0.1, 0.15) is 0 Å². The van der Waals surface area contributed by atoms with Gasteiger partial charge in [0.15, 0.2) is 0 Å². The standard InChI is InChI=1S/C15H10N4O/c20-14-4-2-10-6-16-13-3-1-9(11-7-17-18-8-11)5-12(13)15(10)19-14/h1-8H,(H,17,18)(H,19,20). The molecule has 3 heterocycles. The number of benzene rings is 1. The maximum Gasteiger partial charge on any atom is 0.248 e. The Balaban J connectivity index is 2.11. The van der Waals surface area contributed by atoms with Crippen LogP contribution < -0.4 is 5.56 Å². The van der Waals surface area contributed by atoms with Crippen LogP contribution in [-0.2, 0) is 0 Å². The highest BCUT2D eigenvalue weighted by molar-refractivity contribution is 6.04. The van der Waals surface area contributed by atoms with E-state index in [-0.39, 0.29) is 5.56 Å². The number of nitrogens with one attached hydrogen (secondary N) is 2. The van der Waals surface area contributed by atoms with Crippen LogP contribution in [0.1, 0.15) is 0 Å². The predicted molar refractivity (Wildman–Crippen MR) is 77.5 cm³/mol. The van der Waals surface area contributed by atoms with Crippen LogP contribution in [0.15, 0.2) is 53.7 Å². The molecular formula is C15H10N4O. The van der Waals surface area contributed by atoms with Crippen LogP contribution in [-0.4, -0.2) is 20.2 Å². The first kappa shape index (κ1) is 10.9. The van der Waals surface area contributed by atoms with Crippen LogP contribution >= 0.6 is 0 Å². The molecule has 0 aliphatic rings. The van der Waals surface area contributed by atoms with Crippen molar-refractivity contribution in [2.24, 2.45) is 0 Å². The second kappa shape index (κ2) is 4.03. The van der Waals surface area contributed by atoms with Crippen LogP contribution in [0.2, 0.25) is 0 Å². The van der Waals surface area contributed by atoms with Gasteiger partial charge in [0, 0.05) is 34.8 Å². The Kier molecular flexibility index (Phi) is 2.20. The van der Waals surface area contributed by atoms with Crippen LogP contribution in [0, 0.1) is 0 Å². The molecule has 4 rings (SSSR count). The molecule has 96 valence electrons. The second-order valence-electron chi connectivity index (χ2n) is 4.63. The quantitative estimate of drug-likeness (QED) is 0.517. The molecule has 2 N–H and O–H groups in total. The fraction of sp³-hybridized carbons (Fsp3) is 0. The number of hydrogen-bond acceptors (Lipinski definition) is 3. The van der Waals surface area contributed by atoms with Crippen molar-refractivity contribution in [1.82, 2.24) is 20.2 Å². The van der Waals surface area contributed by atoms with Crippen molar-refractivity contribution in [3.05, 3.63) is 59.3 Å². The van der Waals surface area contributed by atoms with E-state index in [2.05, 4.69) is 20.2 Å². The summed E-state index contributed by atoms with van der Waals surface area (Å²) in [5, 5.41) is 8.60. The van der Waals surface area contributed by atoms with Crippen LogP contribution in [0.25, 0.3) is 32.9 Å². The third-order valence-electron chi connectivity index (χ3n) is 3.39. The highest BCUT2D eigenvalue weighted by Crippen LogP contribution is 2.26. The van der Waals surface area contributed by atoms with Crippen molar-refractivity contribution in [1.29, 1.82) is 0 Å². The molecule has 3 aromatic heterocycles. The van der Waals surface area contributed by atoms with Gasteiger partial charge in [-0.15, -0.1) is 0 Å². The van der Waals surface area contributed by atoms with E-state index in [4.69, 9.17) is 0 Å². The fourth-order valence-electron chi connectivity index (χ4n) is 2.39. The van der Waals surface area contributed by atoms with E-state index in [1.54, 1.807) is 18.5 Å². The maximum absolute atomic E-state index is 11.5. The Bertz CT molecular complexity index is 970. The molecule has 0 aliphatic carbocycles. The summed E-state index contributed by atoms with van der Waals surface area (Å²) in [6.45, 7) is 0. The van der Waals surface area contributed by atoms with Gasteiger partial charge in [0.2, 0.25) is 5.56 Å². The first-order valence-corrected chi connectivity index (χ1v) is 6.22. The summed E-state index contributed by atoms with van der Waals surface area (Å²) in [5.41, 5.74) is 3.59. The molecule has 0 bridgehead atoms. The molecule has 0 radical (unpaired) electrons. The zero-order chi connectivity index (χ0) is 13.5. The first-order chi connectivity index (χ1) is 9.81. The first-order valence-electron chi connectivity index (χ1n) is 6.22. The largest absolute Gasteiger partial charge is 0.321 e. The van der Waals surface area contributed by atoms with Gasteiger partial charge < -0.3 is 4.98 Å². The van der Waals surface area contributed by atoms with Gasteiger partial charge in [-0.3, -0.25) is 14.9 Å². The average Bonchev–Trinajstić information content (AvgIpc) is 3.01. The van der Waals surface area contributed by atoms with Gasteiger partial charge in [-0.05, 0) is 23.8 Å². The number of rotatable bonds is 1. The van der Waals surface area contributed by atoms with Gasteiger partial charge in [-0.1, -0.05) is 6.07 Å². The molecule has 0 aliphatic heterocycles. The molecule has 0 spiro atoms. The Hall–Kier alpha value is -2.95. The van der Waals surface area contributed by atoms with Gasteiger partial charge in [-0.2, -0.15) is 5.10 Å². The predicted octanol–water partition coefficient (Wildman–Crippen LogP) is 2.47. The number of pyridine rings is 2. The molecule has 20 heavy (non-hydrogen) atoms. The minimum absolute atomic E-state index is 0.112. The summed E-state index contributed by atoms with van der Waals surface area (Å²) >= 11 is 0. The smallest absolute Gasteiger partial charge is 0.248 e. The van der Waals surface area contributed by atoms with E-state index in [1.807, 2.05) is 24.4 Å². The summed E-state index contributed by atoms with van der Waals surface area (Å²) < 4.78 is 0. The zero-order valence-electron chi connectivity index (χ0n) is 10.4. The van der Waals surface area contributed by atoms with Gasteiger partial charge in [0.05, 0.1) is 17.2 Å². The van der Waals surface area contributed by atoms with E-state index in [1.165, 1.54) is 6.07 Å². The number of aromatic amines is 2. The molecule has 0 atom stereocenters. The molecule has 0 amide bonds. The SMILES string of the molecule is O=c1ccc2cnc3ccc(-c4cn[nH]c4)cc3c2[nH]1. The van der Waals surface area contributed by atoms with Crippen molar-refractivity contribution in [2.45, 2.75) is 0 Å². The average molecular weight is 262 g/mol. The number of aromatic nitrogens is 4. The third-order valence-corrected chi connectivity index (χ3v) is 3.39. The minimum Gasteiger partial charge on any atom is -0.321 e. The van der Waals surface area contributed by atoms with Crippen LogP contribution in [0.4, 0.5) is 0 Å². The molecule has 0 saturated heterocycles. The number of H-pyrrole nitrogens is 2. The summed E-state index contributed by atoms with van der Waals surface area (Å²) in [5.74, 6) is 0. The maximum atomic E-state index is 11.5. The fourth-order valence-corrected chi connectivity index (χ4v) is 2.39. The molecule has 0 saturated carbocycles. The van der Waals surface area contributed by atoms with E-state index in [0.717, 1.165) is 32.9 Å². The summed E-state index contributed by atoms with van der Waals surface area (Å²) in [6.07, 6.45) is 5.37. The third kappa shape index (κ3) is 1.60. The Morgan fingerprint density at radius 2 is 1.95 bits per heavy atom. The Labute approximate surface area is 113 Å². The van der Waals surface area contributed by atoms with Crippen LogP contribution in [0.5, 0.6) is 0 Å². The van der Waals surface area contributed by atoms with E-state index < -0.39 is 0 Å².